The minimum absolute atomic E-state index is 0.0990. The minimum Gasteiger partial charge on any atom is -0.294 e. The molecule has 0 aliphatic rings. The van der Waals surface area contributed by atoms with Gasteiger partial charge in [0, 0.05) is 18.3 Å². The fourth-order valence-electron chi connectivity index (χ4n) is 2.00. The van der Waals surface area contributed by atoms with Gasteiger partial charge in [0.05, 0.1) is 6.54 Å². The SMILES string of the molecule is Cn1cc2c(=O)n(Cc3cccc(Cl)c3)cnc2n1. The van der Waals surface area contributed by atoms with Gasteiger partial charge in [0.25, 0.3) is 5.56 Å². The number of fused-ring (bicyclic) bond motifs is 1. The molecule has 0 bridgehead atoms. The molecular formula is C13H11ClN4O. The number of benzene rings is 1. The van der Waals surface area contributed by atoms with Crippen molar-refractivity contribution in [1.29, 1.82) is 0 Å². The zero-order valence-corrected chi connectivity index (χ0v) is 11.0. The number of hydrogen-bond donors (Lipinski definition) is 0. The molecule has 0 spiro atoms. The predicted octanol–water partition coefficient (Wildman–Crippen LogP) is 1.83. The van der Waals surface area contributed by atoms with Gasteiger partial charge in [0.15, 0.2) is 5.65 Å². The molecule has 6 heteroatoms. The second-order valence-corrected chi connectivity index (χ2v) is 4.78. The molecule has 0 saturated heterocycles. The van der Waals surface area contributed by atoms with E-state index in [4.69, 9.17) is 11.6 Å². The summed E-state index contributed by atoms with van der Waals surface area (Å²) in [5.41, 5.74) is 1.33. The van der Waals surface area contributed by atoms with Crippen LogP contribution in [0.1, 0.15) is 5.56 Å². The summed E-state index contributed by atoms with van der Waals surface area (Å²) in [4.78, 5) is 16.4. The van der Waals surface area contributed by atoms with Crippen LogP contribution in [0.5, 0.6) is 0 Å². The highest BCUT2D eigenvalue weighted by Crippen LogP contribution is 2.11. The van der Waals surface area contributed by atoms with Crippen molar-refractivity contribution >= 4 is 22.6 Å². The maximum atomic E-state index is 12.3. The summed E-state index contributed by atoms with van der Waals surface area (Å²) in [6, 6.07) is 7.42. The van der Waals surface area contributed by atoms with Gasteiger partial charge in [-0.1, -0.05) is 23.7 Å². The molecule has 0 aliphatic carbocycles. The van der Waals surface area contributed by atoms with Crippen molar-refractivity contribution in [3.63, 3.8) is 0 Å². The van der Waals surface area contributed by atoms with E-state index >= 15 is 0 Å². The zero-order valence-electron chi connectivity index (χ0n) is 10.2. The quantitative estimate of drug-likeness (QED) is 0.716. The van der Waals surface area contributed by atoms with Crippen molar-refractivity contribution in [2.75, 3.05) is 0 Å². The number of nitrogens with zero attached hydrogens (tertiary/aromatic N) is 4. The Bertz CT molecular complexity index is 806. The predicted molar refractivity (Wildman–Crippen MR) is 73.3 cm³/mol. The first kappa shape index (κ1) is 11.9. The highest BCUT2D eigenvalue weighted by molar-refractivity contribution is 6.30. The largest absolute Gasteiger partial charge is 0.294 e. The molecule has 0 aliphatic heterocycles. The van der Waals surface area contributed by atoms with Crippen molar-refractivity contribution < 1.29 is 0 Å². The lowest BCUT2D eigenvalue weighted by Crippen LogP contribution is -2.20. The molecule has 0 N–H and O–H groups in total. The average Bonchev–Trinajstić information content (AvgIpc) is 2.75. The molecule has 0 unspecified atom stereocenters. The fourth-order valence-corrected chi connectivity index (χ4v) is 2.21. The van der Waals surface area contributed by atoms with Crippen molar-refractivity contribution in [2.45, 2.75) is 6.54 Å². The highest BCUT2D eigenvalue weighted by Gasteiger charge is 2.07. The number of aryl methyl sites for hydroxylation is 1. The Kier molecular flexibility index (Phi) is 2.83. The Balaban J connectivity index is 2.06. The van der Waals surface area contributed by atoms with E-state index in [2.05, 4.69) is 10.1 Å². The Morgan fingerprint density at radius 3 is 3.00 bits per heavy atom. The van der Waals surface area contributed by atoms with Gasteiger partial charge in [0.2, 0.25) is 0 Å². The van der Waals surface area contributed by atoms with Crippen molar-refractivity contribution in [1.82, 2.24) is 19.3 Å². The molecule has 0 amide bonds. The van der Waals surface area contributed by atoms with Crippen LogP contribution in [0.3, 0.4) is 0 Å². The van der Waals surface area contributed by atoms with E-state index in [1.807, 2.05) is 18.2 Å². The van der Waals surface area contributed by atoms with Gasteiger partial charge in [-0.05, 0) is 17.7 Å². The highest BCUT2D eigenvalue weighted by atomic mass is 35.5. The molecule has 0 atom stereocenters. The molecule has 1 aromatic carbocycles. The van der Waals surface area contributed by atoms with Gasteiger partial charge >= 0.3 is 0 Å². The normalized spacial score (nSPS) is 11.1. The minimum atomic E-state index is -0.0990. The zero-order chi connectivity index (χ0) is 13.4. The second-order valence-electron chi connectivity index (χ2n) is 4.35. The standard InChI is InChI=1S/C13H11ClN4O/c1-17-7-11-12(16-17)15-8-18(13(11)19)6-9-3-2-4-10(14)5-9/h2-5,7-8H,6H2,1H3. The van der Waals surface area contributed by atoms with Gasteiger partial charge in [-0.2, -0.15) is 5.10 Å². The van der Waals surface area contributed by atoms with Crippen molar-refractivity contribution in [3.8, 4) is 0 Å². The molecule has 3 rings (SSSR count). The molecule has 96 valence electrons. The molecule has 19 heavy (non-hydrogen) atoms. The van der Waals surface area contributed by atoms with Gasteiger partial charge < -0.3 is 0 Å². The Hall–Kier alpha value is -2.14. The molecular weight excluding hydrogens is 264 g/mol. The van der Waals surface area contributed by atoms with Gasteiger partial charge in [-0.25, -0.2) is 4.98 Å². The van der Waals surface area contributed by atoms with Gasteiger partial charge in [0.1, 0.15) is 11.7 Å². The average molecular weight is 275 g/mol. The van der Waals surface area contributed by atoms with E-state index < -0.39 is 0 Å². The van der Waals surface area contributed by atoms with Gasteiger partial charge in [-0.15, -0.1) is 0 Å². The van der Waals surface area contributed by atoms with Crippen molar-refractivity contribution in [3.05, 3.63) is 57.7 Å². The Morgan fingerprint density at radius 1 is 1.37 bits per heavy atom. The maximum absolute atomic E-state index is 12.3. The monoisotopic (exact) mass is 274 g/mol. The van der Waals surface area contributed by atoms with Crippen LogP contribution in [-0.2, 0) is 13.6 Å². The first-order chi connectivity index (χ1) is 9.13. The van der Waals surface area contributed by atoms with Crippen LogP contribution in [0, 0.1) is 0 Å². The molecule has 0 radical (unpaired) electrons. The van der Waals surface area contributed by atoms with E-state index in [9.17, 15) is 4.79 Å². The summed E-state index contributed by atoms with van der Waals surface area (Å²) >= 11 is 5.93. The number of halogens is 1. The molecule has 2 heterocycles. The molecule has 2 aromatic heterocycles. The van der Waals surface area contributed by atoms with Crippen molar-refractivity contribution in [2.24, 2.45) is 7.05 Å². The lowest BCUT2D eigenvalue weighted by atomic mass is 10.2. The van der Waals surface area contributed by atoms with E-state index in [1.54, 1.807) is 28.6 Å². The third-order valence-electron chi connectivity index (χ3n) is 2.86. The van der Waals surface area contributed by atoms with Crippen LogP contribution in [-0.4, -0.2) is 19.3 Å². The summed E-state index contributed by atoms with van der Waals surface area (Å²) < 4.78 is 3.14. The smallest absolute Gasteiger partial charge is 0.264 e. The van der Waals surface area contributed by atoms with Crippen LogP contribution >= 0.6 is 11.6 Å². The second kappa shape index (κ2) is 4.51. The van der Waals surface area contributed by atoms with Crippen LogP contribution in [0.2, 0.25) is 5.02 Å². The number of rotatable bonds is 2. The third kappa shape index (κ3) is 2.24. The topological polar surface area (TPSA) is 52.7 Å². The van der Waals surface area contributed by atoms with E-state index in [0.29, 0.717) is 22.6 Å². The lowest BCUT2D eigenvalue weighted by Gasteiger charge is -2.05. The third-order valence-corrected chi connectivity index (χ3v) is 3.10. The Morgan fingerprint density at radius 2 is 2.21 bits per heavy atom. The maximum Gasteiger partial charge on any atom is 0.264 e. The summed E-state index contributed by atoms with van der Waals surface area (Å²) in [6.07, 6.45) is 3.19. The fraction of sp³-hybridized carbons (Fsp3) is 0.154. The van der Waals surface area contributed by atoms with Crippen LogP contribution in [0.15, 0.2) is 41.6 Å². The van der Waals surface area contributed by atoms with E-state index in [0.717, 1.165) is 5.56 Å². The van der Waals surface area contributed by atoms with Gasteiger partial charge in [-0.3, -0.25) is 14.0 Å². The first-order valence-corrected chi connectivity index (χ1v) is 6.14. The number of hydrogen-bond acceptors (Lipinski definition) is 3. The van der Waals surface area contributed by atoms with Crippen LogP contribution < -0.4 is 5.56 Å². The molecule has 0 saturated carbocycles. The molecule has 5 nitrogen and oxygen atoms in total. The van der Waals surface area contributed by atoms with E-state index in [-0.39, 0.29) is 5.56 Å². The van der Waals surface area contributed by atoms with E-state index in [1.165, 1.54) is 6.33 Å². The first-order valence-electron chi connectivity index (χ1n) is 5.77. The summed E-state index contributed by atoms with van der Waals surface area (Å²) in [7, 11) is 1.77. The lowest BCUT2D eigenvalue weighted by molar-refractivity contribution is 0.746. The summed E-state index contributed by atoms with van der Waals surface area (Å²) in [5, 5.41) is 5.28. The Labute approximate surface area is 114 Å². The summed E-state index contributed by atoms with van der Waals surface area (Å²) in [6.45, 7) is 0.442. The van der Waals surface area contributed by atoms with Crippen LogP contribution in [0.4, 0.5) is 0 Å². The van der Waals surface area contributed by atoms with Crippen LogP contribution in [0.25, 0.3) is 11.0 Å². The summed E-state index contributed by atoms with van der Waals surface area (Å²) in [5.74, 6) is 0. The molecule has 3 aromatic rings. The number of aromatic nitrogens is 4. The molecule has 0 fully saturated rings.